The zero-order valence-electron chi connectivity index (χ0n) is 6.75. The van der Waals surface area contributed by atoms with Crippen molar-refractivity contribution in [1.29, 1.82) is 0 Å². The van der Waals surface area contributed by atoms with Gasteiger partial charge in [-0.3, -0.25) is 0 Å². The van der Waals surface area contributed by atoms with E-state index in [1.165, 1.54) is 0 Å². The first kappa shape index (κ1) is 8.36. The SMILES string of the molecule is Cn1cncc1C=CCN=[N+]=[N-]. The molecular weight excluding hydrogens is 154 g/mol. The van der Waals surface area contributed by atoms with E-state index >= 15 is 0 Å². The van der Waals surface area contributed by atoms with Gasteiger partial charge in [0.2, 0.25) is 0 Å². The Morgan fingerprint density at radius 1 is 1.83 bits per heavy atom. The summed E-state index contributed by atoms with van der Waals surface area (Å²) in [7, 11) is 1.90. The van der Waals surface area contributed by atoms with Crippen molar-refractivity contribution < 1.29 is 0 Å². The largest absolute Gasteiger partial charge is 0.334 e. The third-order valence-electron chi connectivity index (χ3n) is 1.39. The molecule has 0 atom stereocenters. The predicted octanol–water partition coefficient (Wildman–Crippen LogP) is 1.74. The van der Waals surface area contributed by atoms with Gasteiger partial charge in [-0.05, 0) is 11.6 Å². The number of azide groups is 1. The van der Waals surface area contributed by atoms with Crippen LogP contribution in [0.1, 0.15) is 5.69 Å². The van der Waals surface area contributed by atoms with E-state index in [4.69, 9.17) is 5.53 Å². The minimum absolute atomic E-state index is 0.377. The van der Waals surface area contributed by atoms with Crippen LogP contribution in [0.3, 0.4) is 0 Å². The highest BCUT2D eigenvalue weighted by Gasteiger charge is 1.89. The molecule has 1 aromatic rings. The maximum atomic E-state index is 7.98. The van der Waals surface area contributed by atoms with Crippen molar-refractivity contribution in [1.82, 2.24) is 9.55 Å². The maximum absolute atomic E-state index is 7.98. The van der Waals surface area contributed by atoms with Crippen molar-refractivity contribution >= 4 is 6.08 Å². The van der Waals surface area contributed by atoms with E-state index in [1.54, 1.807) is 18.6 Å². The Kier molecular flexibility index (Phi) is 2.93. The van der Waals surface area contributed by atoms with Gasteiger partial charge in [0.25, 0.3) is 0 Å². The lowest BCUT2D eigenvalue weighted by Gasteiger charge is -1.91. The summed E-state index contributed by atoms with van der Waals surface area (Å²) in [5.41, 5.74) is 8.97. The van der Waals surface area contributed by atoms with Gasteiger partial charge in [-0.2, -0.15) is 0 Å². The summed E-state index contributed by atoms with van der Waals surface area (Å²) < 4.78 is 1.88. The van der Waals surface area contributed by atoms with E-state index in [9.17, 15) is 0 Å². The number of rotatable bonds is 3. The lowest BCUT2D eigenvalue weighted by molar-refractivity contribution is 0.902. The van der Waals surface area contributed by atoms with Crippen LogP contribution >= 0.6 is 0 Å². The fourth-order valence-electron chi connectivity index (χ4n) is 0.785. The number of aryl methyl sites for hydroxylation is 1. The van der Waals surface area contributed by atoms with Crippen LogP contribution in [0.15, 0.2) is 23.7 Å². The van der Waals surface area contributed by atoms with Gasteiger partial charge in [-0.25, -0.2) is 4.98 Å². The third kappa shape index (κ3) is 2.14. The fraction of sp³-hybridized carbons (Fsp3) is 0.286. The molecule has 0 spiro atoms. The predicted molar refractivity (Wildman–Crippen MR) is 46.3 cm³/mol. The summed E-state index contributed by atoms with van der Waals surface area (Å²) in [6.07, 6.45) is 7.11. The molecule has 0 amide bonds. The number of imidazole rings is 1. The summed E-state index contributed by atoms with van der Waals surface area (Å²) in [4.78, 5) is 6.56. The van der Waals surface area contributed by atoms with Crippen LogP contribution in [0, 0.1) is 0 Å². The molecule has 0 aliphatic heterocycles. The summed E-state index contributed by atoms with van der Waals surface area (Å²) in [6.45, 7) is 0.377. The molecule has 0 radical (unpaired) electrons. The first-order chi connectivity index (χ1) is 5.84. The lowest BCUT2D eigenvalue weighted by Crippen LogP contribution is -1.86. The molecule has 5 nitrogen and oxygen atoms in total. The van der Waals surface area contributed by atoms with E-state index in [2.05, 4.69) is 15.0 Å². The summed E-state index contributed by atoms with van der Waals surface area (Å²) in [5.74, 6) is 0. The van der Waals surface area contributed by atoms with Gasteiger partial charge >= 0.3 is 0 Å². The highest BCUT2D eigenvalue weighted by atomic mass is 15.1. The van der Waals surface area contributed by atoms with Crippen molar-refractivity contribution in [3.8, 4) is 0 Å². The van der Waals surface area contributed by atoms with Crippen molar-refractivity contribution in [2.75, 3.05) is 6.54 Å². The molecule has 12 heavy (non-hydrogen) atoms. The molecule has 5 heteroatoms. The third-order valence-corrected chi connectivity index (χ3v) is 1.39. The van der Waals surface area contributed by atoms with E-state index in [-0.39, 0.29) is 0 Å². The summed E-state index contributed by atoms with van der Waals surface area (Å²) >= 11 is 0. The minimum Gasteiger partial charge on any atom is -0.334 e. The zero-order valence-corrected chi connectivity index (χ0v) is 6.75. The topological polar surface area (TPSA) is 66.6 Å². The molecule has 1 aromatic heterocycles. The molecule has 0 unspecified atom stereocenters. The second-order valence-corrected chi connectivity index (χ2v) is 2.25. The Balaban J connectivity index is 2.57. The Morgan fingerprint density at radius 2 is 2.67 bits per heavy atom. The lowest BCUT2D eigenvalue weighted by atomic mass is 10.4. The molecule has 0 bridgehead atoms. The van der Waals surface area contributed by atoms with Crippen LogP contribution in [0.25, 0.3) is 16.5 Å². The van der Waals surface area contributed by atoms with Gasteiger partial charge < -0.3 is 4.57 Å². The zero-order chi connectivity index (χ0) is 8.81. The Hall–Kier alpha value is -1.74. The smallest absolute Gasteiger partial charge is 0.0948 e. The molecule has 62 valence electrons. The van der Waals surface area contributed by atoms with E-state index < -0.39 is 0 Å². The van der Waals surface area contributed by atoms with Gasteiger partial charge in [0.1, 0.15) is 0 Å². The van der Waals surface area contributed by atoms with Crippen molar-refractivity contribution in [2.24, 2.45) is 12.2 Å². The summed E-state index contributed by atoms with van der Waals surface area (Å²) in [6, 6.07) is 0. The highest BCUT2D eigenvalue weighted by Crippen LogP contribution is 1.98. The van der Waals surface area contributed by atoms with Crippen LogP contribution < -0.4 is 0 Å². The first-order valence-electron chi connectivity index (χ1n) is 3.48. The quantitative estimate of drug-likeness (QED) is 0.380. The van der Waals surface area contributed by atoms with Gasteiger partial charge in [-0.1, -0.05) is 11.2 Å². The number of hydrogen-bond acceptors (Lipinski definition) is 2. The second kappa shape index (κ2) is 4.20. The molecular formula is C7H9N5. The number of aromatic nitrogens is 2. The Bertz CT molecular complexity index is 318. The number of hydrogen-bond donors (Lipinski definition) is 0. The molecule has 0 N–H and O–H groups in total. The van der Waals surface area contributed by atoms with Crippen LogP contribution in [-0.2, 0) is 7.05 Å². The molecule has 1 heterocycles. The standard InChI is InChI=1S/C7H9N5/c1-12-6-9-5-7(12)3-2-4-10-11-8/h2-3,5-6H,4H2,1H3. The summed E-state index contributed by atoms with van der Waals surface area (Å²) in [5, 5.41) is 3.36. The van der Waals surface area contributed by atoms with Gasteiger partial charge in [0.15, 0.2) is 0 Å². The molecule has 0 fully saturated rings. The van der Waals surface area contributed by atoms with Crippen LogP contribution in [-0.4, -0.2) is 16.1 Å². The van der Waals surface area contributed by atoms with E-state index in [1.807, 2.05) is 17.7 Å². The Morgan fingerprint density at radius 3 is 3.25 bits per heavy atom. The van der Waals surface area contributed by atoms with Gasteiger partial charge in [-0.15, -0.1) is 0 Å². The molecule has 0 aromatic carbocycles. The normalized spacial score (nSPS) is 10.1. The van der Waals surface area contributed by atoms with Crippen LogP contribution in [0.4, 0.5) is 0 Å². The highest BCUT2D eigenvalue weighted by molar-refractivity contribution is 5.43. The number of nitrogens with zero attached hydrogens (tertiary/aromatic N) is 5. The first-order valence-corrected chi connectivity index (χ1v) is 3.48. The van der Waals surface area contributed by atoms with Crippen LogP contribution in [0.5, 0.6) is 0 Å². The molecule has 0 aliphatic rings. The maximum Gasteiger partial charge on any atom is 0.0948 e. The fourth-order valence-corrected chi connectivity index (χ4v) is 0.785. The monoisotopic (exact) mass is 163 g/mol. The molecule has 1 rings (SSSR count). The van der Waals surface area contributed by atoms with Gasteiger partial charge in [0.05, 0.1) is 18.2 Å². The van der Waals surface area contributed by atoms with Crippen LogP contribution in [0.2, 0.25) is 0 Å². The molecule has 0 saturated heterocycles. The minimum atomic E-state index is 0.377. The van der Waals surface area contributed by atoms with Crippen molar-refractivity contribution in [3.05, 3.63) is 34.7 Å². The molecule has 0 aliphatic carbocycles. The van der Waals surface area contributed by atoms with E-state index in [0.29, 0.717) is 6.54 Å². The van der Waals surface area contributed by atoms with Gasteiger partial charge in [0, 0.05) is 18.5 Å². The molecule has 0 saturated carbocycles. The second-order valence-electron chi connectivity index (χ2n) is 2.25. The van der Waals surface area contributed by atoms with E-state index in [0.717, 1.165) is 5.69 Å². The average Bonchev–Trinajstić information content (AvgIpc) is 2.46. The Labute approximate surface area is 70.0 Å². The van der Waals surface area contributed by atoms with Crippen molar-refractivity contribution in [3.63, 3.8) is 0 Å². The average molecular weight is 163 g/mol. The van der Waals surface area contributed by atoms with Crippen molar-refractivity contribution in [2.45, 2.75) is 0 Å².